The molecule has 0 aliphatic heterocycles. The predicted molar refractivity (Wildman–Crippen MR) is 136 cm³/mol. The minimum Gasteiger partial charge on any atom is -0.380 e. The summed E-state index contributed by atoms with van der Waals surface area (Å²) in [6.45, 7) is 8.47. The van der Waals surface area contributed by atoms with Crippen molar-refractivity contribution in [3.8, 4) is 5.75 Å². The molecular formula is C28H34O4P+. The zero-order chi connectivity index (χ0) is 24.2. The molecule has 3 rings (SSSR count). The molecule has 4 nitrogen and oxygen atoms in total. The molecule has 3 aromatic rings. The lowest BCUT2D eigenvalue weighted by Crippen LogP contribution is -2.18. The van der Waals surface area contributed by atoms with Crippen LogP contribution >= 0.6 is 8.69 Å². The van der Waals surface area contributed by atoms with Crippen LogP contribution in [0.15, 0.2) is 66.7 Å². The summed E-state index contributed by atoms with van der Waals surface area (Å²) in [5.41, 5.74) is 6.18. The fraction of sp³-hybridized carbons (Fsp3) is 0.321. The number of para-hydroxylation sites is 1. The van der Waals surface area contributed by atoms with E-state index in [1.807, 2.05) is 36.4 Å². The quantitative estimate of drug-likeness (QED) is 0.277. The van der Waals surface area contributed by atoms with Crippen LogP contribution in [-0.2, 0) is 30.2 Å². The molecular weight excluding hydrogens is 431 g/mol. The molecule has 174 valence electrons. The van der Waals surface area contributed by atoms with Gasteiger partial charge in [0.15, 0.2) is 11.5 Å². The van der Waals surface area contributed by atoms with E-state index in [1.165, 1.54) is 11.1 Å². The third-order valence-corrected chi connectivity index (χ3v) is 6.02. The van der Waals surface area contributed by atoms with Crippen LogP contribution in [0.2, 0.25) is 0 Å². The van der Waals surface area contributed by atoms with Gasteiger partial charge in [-0.05, 0) is 70.2 Å². The molecule has 0 heterocycles. The van der Waals surface area contributed by atoms with Crippen molar-refractivity contribution >= 4 is 14.5 Å². The summed E-state index contributed by atoms with van der Waals surface area (Å²) in [5, 5.41) is 10.6. The van der Waals surface area contributed by atoms with Gasteiger partial charge in [0, 0.05) is 5.56 Å². The van der Waals surface area contributed by atoms with Crippen molar-refractivity contribution in [1.82, 2.24) is 0 Å². The van der Waals surface area contributed by atoms with Crippen LogP contribution in [-0.4, -0.2) is 10.9 Å². The van der Waals surface area contributed by atoms with E-state index in [-0.39, 0.29) is 5.78 Å². The van der Waals surface area contributed by atoms with Crippen molar-refractivity contribution in [3.05, 3.63) is 100 Å². The number of benzene rings is 3. The Bertz CT molecular complexity index is 1030. The summed E-state index contributed by atoms with van der Waals surface area (Å²) in [4.78, 5) is 13.1. The second-order valence-corrected chi connectivity index (χ2v) is 7.99. The second-order valence-electron chi connectivity index (χ2n) is 7.62. The summed E-state index contributed by atoms with van der Waals surface area (Å²) >= 11 is 0. The Morgan fingerprint density at radius 2 is 1.36 bits per heavy atom. The van der Waals surface area contributed by atoms with Crippen molar-refractivity contribution in [3.63, 3.8) is 0 Å². The Hall–Kier alpha value is -2.81. The van der Waals surface area contributed by atoms with Crippen molar-refractivity contribution < 1.29 is 19.0 Å². The largest absolute Gasteiger partial charge is 0.542 e. The third kappa shape index (κ3) is 6.83. The highest BCUT2D eigenvalue weighted by Gasteiger charge is 2.26. The summed E-state index contributed by atoms with van der Waals surface area (Å²) in [6, 6.07) is 20.4. The molecule has 33 heavy (non-hydrogen) atoms. The Morgan fingerprint density at radius 3 is 1.85 bits per heavy atom. The fourth-order valence-corrected chi connectivity index (χ4v) is 4.33. The van der Waals surface area contributed by atoms with Crippen LogP contribution in [0.4, 0.5) is 0 Å². The summed E-state index contributed by atoms with van der Waals surface area (Å²) in [5.74, 6) is 0.470. The summed E-state index contributed by atoms with van der Waals surface area (Å²) < 4.78 is 14.6. The molecule has 1 N–H and O–H groups in total. The van der Waals surface area contributed by atoms with Gasteiger partial charge >= 0.3 is 8.69 Å². The highest BCUT2D eigenvalue weighted by atomic mass is 31.1. The molecule has 5 heteroatoms. The average molecular weight is 466 g/mol. The lowest BCUT2D eigenvalue weighted by molar-refractivity contribution is 0.0745. The minimum absolute atomic E-state index is 0.174. The van der Waals surface area contributed by atoms with E-state index >= 15 is 0 Å². The summed E-state index contributed by atoms with van der Waals surface area (Å²) in [7, 11) is -0.715. The van der Waals surface area contributed by atoms with Gasteiger partial charge in [0.05, 0.1) is 0 Å². The molecule has 3 aromatic carbocycles. The number of hydrogen-bond acceptors (Lipinski definition) is 4. The molecule has 0 spiro atoms. The number of carbonyl (C=O) groups excluding carboxylic acids is 1. The molecule has 0 saturated carbocycles. The van der Waals surface area contributed by atoms with E-state index in [9.17, 15) is 14.5 Å². The predicted octanol–water partition coefficient (Wildman–Crippen LogP) is 6.86. The van der Waals surface area contributed by atoms with Crippen molar-refractivity contribution in [1.29, 1.82) is 0 Å². The van der Waals surface area contributed by atoms with Gasteiger partial charge in [-0.3, -0.25) is 9.32 Å². The van der Waals surface area contributed by atoms with E-state index in [0.29, 0.717) is 11.3 Å². The number of aryl methyl sites for hydroxylation is 2. The molecule has 0 bridgehead atoms. The molecule has 0 fully saturated rings. The highest BCUT2D eigenvalue weighted by molar-refractivity contribution is 7.17. The van der Waals surface area contributed by atoms with Crippen molar-refractivity contribution in [2.75, 3.05) is 0 Å². The lowest BCUT2D eigenvalue weighted by atomic mass is 9.83. The maximum Gasteiger partial charge on any atom is 0.542 e. The zero-order valence-electron chi connectivity index (χ0n) is 19.9. The van der Waals surface area contributed by atoms with E-state index in [1.54, 1.807) is 24.3 Å². The minimum atomic E-state index is -1.10. The van der Waals surface area contributed by atoms with Gasteiger partial charge in [0.25, 0.3) is 0 Å². The SMILES string of the molecule is CCc1cc(CC)c(C(=O)C(O)c2ccccc2)c(CC)c1CC.O=[PH+]Oc1ccccc1. The normalized spacial score (nSPS) is 11.4. The number of Topliss-reactive ketones (excluding diaryl/α,β-unsaturated/α-hetero) is 1. The van der Waals surface area contributed by atoms with Gasteiger partial charge in [0.1, 0.15) is 6.10 Å². The summed E-state index contributed by atoms with van der Waals surface area (Å²) in [6.07, 6.45) is 2.40. The number of rotatable bonds is 9. The monoisotopic (exact) mass is 465 g/mol. The number of hydrogen-bond donors (Lipinski definition) is 1. The molecule has 0 aromatic heterocycles. The molecule has 0 aliphatic carbocycles. The molecule has 2 unspecified atom stereocenters. The van der Waals surface area contributed by atoms with Crippen molar-refractivity contribution in [2.24, 2.45) is 0 Å². The molecule has 2 atom stereocenters. The van der Waals surface area contributed by atoms with Gasteiger partial charge in [0.2, 0.25) is 0 Å². The molecule has 0 saturated heterocycles. The van der Waals surface area contributed by atoms with Gasteiger partial charge in [-0.25, -0.2) is 0 Å². The Morgan fingerprint density at radius 1 is 0.818 bits per heavy atom. The van der Waals surface area contributed by atoms with E-state index in [4.69, 9.17) is 0 Å². The zero-order valence-corrected chi connectivity index (χ0v) is 20.9. The third-order valence-electron chi connectivity index (χ3n) is 5.70. The number of ketones is 1. The second kappa shape index (κ2) is 13.7. The van der Waals surface area contributed by atoms with Crippen LogP contribution in [0.5, 0.6) is 5.75 Å². The Balaban J connectivity index is 0.000000357. The van der Waals surface area contributed by atoms with Gasteiger partial charge in [-0.15, -0.1) is 0 Å². The number of aliphatic hydroxyl groups excluding tert-OH is 1. The van der Waals surface area contributed by atoms with Crippen molar-refractivity contribution in [2.45, 2.75) is 59.5 Å². The lowest BCUT2D eigenvalue weighted by Gasteiger charge is -2.21. The Kier molecular flexibility index (Phi) is 11.0. The van der Waals surface area contributed by atoms with Crippen LogP contribution < -0.4 is 4.52 Å². The first-order valence-corrected chi connectivity index (χ1v) is 12.4. The molecule has 0 radical (unpaired) electrons. The fourth-order valence-electron chi connectivity index (χ4n) is 4.10. The van der Waals surface area contributed by atoms with Gasteiger partial charge < -0.3 is 5.11 Å². The van der Waals surface area contributed by atoms with E-state index in [2.05, 4.69) is 38.3 Å². The number of aliphatic hydroxyl groups is 1. The first kappa shape index (κ1) is 26.4. The maximum absolute atomic E-state index is 13.1. The van der Waals surface area contributed by atoms with Gasteiger partial charge in [-0.2, -0.15) is 0 Å². The first-order chi connectivity index (χ1) is 16.0. The maximum atomic E-state index is 13.1. The Labute approximate surface area is 198 Å². The first-order valence-electron chi connectivity index (χ1n) is 11.5. The average Bonchev–Trinajstić information content (AvgIpc) is 2.88. The number of carbonyl (C=O) groups is 1. The molecule has 0 amide bonds. The smallest absolute Gasteiger partial charge is 0.380 e. The van der Waals surface area contributed by atoms with Crippen LogP contribution in [0.25, 0.3) is 0 Å². The van der Waals surface area contributed by atoms with Gasteiger partial charge in [-0.1, -0.05) is 82.3 Å². The van der Waals surface area contributed by atoms with Crippen LogP contribution in [0, 0.1) is 0 Å². The highest BCUT2D eigenvalue weighted by Crippen LogP contribution is 2.30. The van der Waals surface area contributed by atoms with Crippen LogP contribution in [0.1, 0.15) is 72.0 Å². The molecule has 0 aliphatic rings. The van der Waals surface area contributed by atoms with Crippen LogP contribution in [0.3, 0.4) is 0 Å². The van der Waals surface area contributed by atoms with E-state index < -0.39 is 14.8 Å². The topological polar surface area (TPSA) is 63.6 Å². The van der Waals surface area contributed by atoms with E-state index in [0.717, 1.165) is 42.4 Å². The standard InChI is InChI=1S/C22H28O2.C6H6O2P/c1-5-15-14-16(6-2)20(19(8-4)18(15)7-3)22(24)21(23)17-12-10-9-11-13-17;7-9-8-6-4-2-1-3-5-6/h9-14,21,23H,5-8H2,1-4H3;1-5,9H/q;+1.